The number of anilines is 1. The van der Waals surface area contributed by atoms with Crippen LogP contribution in [0.4, 0.5) is 5.13 Å². The fourth-order valence-corrected chi connectivity index (χ4v) is 5.52. The minimum absolute atomic E-state index is 0.0772. The smallest absolute Gasteiger partial charge is 0.293 e. The number of hydrogen-bond donors (Lipinski definition) is 1. The van der Waals surface area contributed by atoms with E-state index in [0.717, 1.165) is 34.7 Å². The first-order valence-corrected chi connectivity index (χ1v) is 11.7. The van der Waals surface area contributed by atoms with Crippen molar-refractivity contribution in [3.63, 3.8) is 0 Å². The molecule has 1 aliphatic heterocycles. The van der Waals surface area contributed by atoms with Gasteiger partial charge in [0.15, 0.2) is 10.9 Å². The summed E-state index contributed by atoms with van der Waals surface area (Å²) in [6.45, 7) is 2.86. The van der Waals surface area contributed by atoms with Crippen LogP contribution < -0.4 is 10.1 Å². The molecule has 1 aliphatic rings. The number of nitrogens with zero attached hydrogens (tertiary/aromatic N) is 2. The molecule has 3 heterocycles. The molecule has 2 aromatic heterocycles. The summed E-state index contributed by atoms with van der Waals surface area (Å²) in [4.78, 5) is 18.0. The van der Waals surface area contributed by atoms with Crippen molar-refractivity contribution in [2.24, 2.45) is 0 Å². The number of thiazole rings is 1. The van der Waals surface area contributed by atoms with Crippen molar-refractivity contribution in [3.05, 3.63) is 47.0 Å². The fourth-order valence-electron chi connectivity index (χ4n) is 3.26. The summed E-state index contributed by atoms with van der Waals surface area (Å²) in [5, 5.41) is 2.88. The molecule has 0 radical (unpaired) electrons. The summed E-state index contributed by atoms with van der Waals surface area (Å²) >= 11 is 1.33. The summed E-state index contributed by atoms with van der Waals surface area (Å²) < 4.78 is 37.0. The molecule has 10 heteroatoms. The van der Waals surface area contributed by atoms with E-state index < -0.39 is 15.9 Å². The predicted octanol–water partition coefficient (Wildman–Crippen LogP) is 3.76. The molecule has 0 aliphatic carbocycles. The minimum atomic E-state index is -3.71. The van der Waals surface area contributed by atoms with Crippen molar-refractivity contribution in [2.45, 2.75) is 24.9 Å². The van der Waals surface area contributed by atoms with Gasteiger partial charge in [-0.05, 0) is 56.2 Å². The van der Waals surface area contributed by atoms with E-state index in [2.05, 4.69) is 10.3 Å². The molecular weight excluding hydrogens is 426 g/mol. The summed E-state index contributed by atoms with van der Waals surface area (Å²) in [5.74, 6) is 0.122. The number of nitrogens with one attached hydrogen (secondary N) is 1. The maximum Gasteiger partial charge on any atom is 0.293 e. The Morgan fingerprint density at radius 3 is 2.53 bits per heavy atom. The zero-order valence-electron chi connectivity index (χ0n) is 16.5. The largest absolute Gasteiger partial charge is 0.497 e. The monoisotopic (exact) mass is 447 g/mol. The number of methoxy groups -OCH3 is 1. The lowest BCUT2D eigenvalue weighted by Crippen LogP contribution is -2.27. The number of aromatic nitrogens is 1. The number of carbonyl (C=O) groups is 1. The number of carbonyl (C=O) groups excluding carboxylic acids is 1. The molecule has 30 heavy (non-hydrogen) atoms. The van der Waals surface area contributed by atoms with Gasteiger partial charge in [0.1, 0.15) is 5.75 Å². The molecule has 4 rings (SSSR count). The molecule has 1 saturated heterocycles. The van der Waals surface area contributed by atoms with Gasteiger partial charge in [-0.1, -0.05) is 0 Å². The van der Waals surface area contributed by atoms with Crippen LogP contribution in [0, 0.1) is 6.92 Å². The van der Waals surface area contributed by atoms with Gasteiger partial charge in [0, 0.05) is 23.5 Å². The zero-order chi connectivity index (χ0) is 21.3. The van der Waals surface area contributed by atoms with E-state index in [1.807, 2.05) is 31.2 Å². The van der Waals surface area contributed by atoms with Gasteiger partial charge < -0.3 is 9.15 Å². The molecule has 8 nitrogen and oxygen atoms in total. The lowest BCUT2D eigenvalue weighted by molar-refractivity contribution is 0.0991. The van der Waals surface area contributed by atoms with Gasteiger partial charge in [-0.3, -0.25) is 10.1 Å². The normalized spacial score (nSPS) is 14.7. The van der Waals surface area contributed by atoms with Gasteiger partial charge in [0.05, 0.1) is 12.8 Å². The number of rotatable bonds is 6. The number of amides is 1. The first-order valence-electron chi connectivity index (χ1n) is 9.41. The number of hydrogen-bond acceptors (Lipinski definition) is 7. The summed E-state index contributed by atoms with van der Waals surface area (Å²) in [6, 6.07) is 10.2. The van der Waals surface area contributed by atoms with E-state index in [1.165, 1.54) is 27.8 Å². The Morgan fingerprint density at radius 2 is 1.87 bits per heavy atom. The van der Waals surface area contributed by atoms with Crippen molar-refractivity contribution in [2.75, 3.05) is 25.5 Å². The third-order valence-electron chi connectivity index (χ3n) is 4.84. The van der Waals surface area contributed by atoms with E-state index in [0.29, 0.717) is 18.2 Å². The van der Waals surface area contributed by atoms with E-state index in [9.17, 15) is 13.2 Å². The number of sulfonamides is 1. The average Bonchev–Trinajstić information content (AvgIpc) is 3.49. The lowest BCUT2D eigenvalue weighted by Gasteiger charge is -2.12. The van der Waals surface area contributed by atoms with Crippen LogP contribution in [0.15, 0.2) is 45.9 Å². The second kappa shape index (κ2) is 8.21. The second-order valence-electron chi connectivity index (χ2n) is 6.84. The highest BCUT2D eigenvalue weighted by molar-refractivity contribution is 7.89. The summed E-state index contributed by atoms with van der Waals surface area (Å²) in [5.41, 5.74) is 1.66. The van der Waals surface area contributed by atoms with Gasteiger partial charge in [-0.2, -0.15) is 4.31 Å². The van der Waals surface area contributed by atoms with Crippen LogP contribution in [0.25, 0.3) is 11.3 Å². The van der Waals surface area contributed by atoms with E-state index in [-0.39, 0.29) is 10.9 Å². The number of furan rings is 1. The van der Waals surface area contributed by atoms with Gasteiger partial charge in [-0.25, -0.2) is 13.4 Å². The molecule has 1 amide bonds. The van der Waals surface area contributed by atoms with Crippen LogP contribution in [0.3, 0.4) is 0 Å². The Kier molecular flexibility index (Phi) is 5.63. The first-order chi connectivity index (χ1) is 14.4. The Hall–Kier alpha value is -2.69. The summed E-state index contributed by atoms with van der Waals surface area (Å²) in [7, 11) is -2.10. The maximum absolute atomic E-state index is 12.6. The van der Waals surface area contributed by atoms with Gasteiger partial charge in [-0.15, -0.1) is 11.3 Å². The molecule has 0 spiro atoms. The van der Waals surface area contributed by atoms with Crippen LogP contribution in [0.2, 0.25) is 0 Å². The van der Waals surface area contributed by atoms with Gasteiger partial charge >= 0.3 is 0 Å². The van der Waals surface area contributed by atoms with Crippen molar-refractivity contribution in [3.8, 4) is 17.0 Å². The molecule has 1 fully saturated rings. The highest BCUT2D eigenvalue weighted by Gasteiger charge is 2.30. The second-order valence-corrected chi connectivity index (χ2v) is 9.91. The number of benzene rings is 1. The molecule has 1 aromatic carbocycles. The zero-order valence-corrected chi connectivity index (χ0v) is 18.2. The van der Waals surface area contributed by atoms with E-state index in [4.69, 9.17) is 9.15 Å². The lowest BCUT2D eigenvalue weighted by atomic mass is 10.1. The molecule has 3 aromatic rings. The predicted molar refractivity (Wildman–Crippen MR) is 113 cm³/mol. The average molecular weight is 448 g/mol. The van der Waals surface area contributed by atoms with Crippen molar-refractivity contribution in [1.82, 2.24) is 9.29 Å². The van der Waals surface area contributed by atoms with E-state index in [1.54, 1.807) is 7.11 Å². The van der Waals surface area contributed by atoms with Gasteiger partial charge in [0.25, 0.3) is 15.9 Å². The Morgan fingerprint density at radius 1 is 1.17 bits per heavy atom. The highest BCUT2D eigenvalue weighted by atomic mass is 32.2. The minimum Gasteiger partial charge on any atom is -0.497 e. The van der Waals surface area contributed by atoms with Crippen LogP contribution >= 0.6 is 11.3 Å². The Balaban J connectivity index is 1.50. The van der Waals surface area contributed by atoms with Crippen LogP contribution in [-0.4, -0.2) is 43.8 Å². The van der Waals surface area contributed by atoms with Crippen LogP contribution in [-0.2, 0) is 10.0 Å². The first kappa shape index (κ1) is 20.6. The molecule has 0 saturated carbocycles. The van der Waals surface area contributed by atoms with Crippen molar-refractivity contribution < 1.29 is 22.4 Å². The Labute approximate surface area is 178 Å². The quantitative estimate of drug-likeness (QED) is 0.617. The molecule has 158 valence electrons. The molecule has 0 atom stereocenters. The summed E-state index contributed by atoms with van der Waals surface area (Å²) in [6.07, 6.45) is 1.65. The molecular formula is C20H21N3O5S2. The van der Waals surface area contributed by atoms with Crippen molar-refractivity contribution in [1.29, 1.82) is 0 Å². The molecule has 0 unspecified atom stereocenters. The number of aryl methyl sites for hydroxylation is 1. The molecule has 1 N–H and O–H groups in total. The Bertz CT molecular complexity index is 1160. The van der Waals surface area contributed by atoms with Crippen LogP contribution in [0.5, 0.6) is 5.75 Å². The number of ether oxygens (including phenoxy) is 1. The fraction of sp³-hybridized carbons (Fsp3) is 0.300. The highest BCUT2D eigenvalue weighted by Crippen LogP contribution is 2.32. The van der Waals surface area contributed by atoms with Crippen molar-refractivity contribution >= 4 is 32.4 Å². The topological polar surface area (TPSA) is 102 Å². The molecule has 0 bridgehead atoms. The van der Waals surface area contributed by atoms with E-state index >= 15 is 0 Å². The maximum atomic E-state index is 12.6. The van der Waals surface area contributed by atoms with Crippen LogP contribution in [0.1, 0.15) is 28.3 Å². The third-order valence-corrected chi connectivity index (χ3v) is 7.50. The third kappa shape index (κ3) is 3.98. The SMILES string of the molecule is COc1ccc(-c2nc(NC(=O)c3ccc(S(=O)(=O)N4CCCC4)o3)sc2C)cc1. The van der Waals surface area contributed by atoms with Gasteiger partial charge in [0.2, 0.25) is 5.09 Å². The standard InChI is InChI=1S/C20H21N3O5S2/c1-13-18(14-5-7-15(27-2)8-6-14)21-20(29-13)22-19(24)16-9-10-17(28-16)30(25,26)23-11-3-4-12-23/h5-10H,3-4,11-12H2,1-2H3,(H,21,22,24).